The van der Waals surface area contributed by atoms with Crippen LogP contribution in [0.1, 0.15) is 25.6 Å². The van der Waals surface area contributed by atoms with E-state index < -0.39 is 17.3 Å². The number of ether oxygens (including phenoxy) is 1. The Morgan fingerprint density at radius 1 is 1.58 bits per heavy atom. The van der Waals surface area contributed by atoms with Gasteiger partial charge >= 0.3 is 11.7 Å². The molecule has 19 heavy (non-hydrogen) atoms. The Morgan fingerprint density at radius 2 is 2.26 bits per heavy atom. The van der Waals surface area contributed by atoms with Gasteiger partial charge in [-0.25, -0.2) is 4.79 Å². The van der Waals surface area contributed by atoms with Gasteiger partial charge in [-0.1, -0.05) is 17.3 Å². The first kappa shape index (κ1) is 15.2. The number of allylic oxidation sites excluding steroid dienone is 1. The summed E-state index contributed by atoms with van der Waals surface area (Å²) in [5.41, 5.74) is 4.76. The van der Waals surface area contributed by atoms with E-state index in [1.807, 2.05) is 6.08 Å². The maximum absolute atomic E-state index is 11.3. The molecule has 0 spiro atoms. The summed E-state index contributed by atoms with van der Waals surface area (Å²) in [7, 11) is 1.30. The minimum atomic E-state index is -1.03. The first-order chi connectivity index (χ1) is 8.88. The molecule has 0 saturated heterocycles. The van der Waals surface area contributed by atoms with Crippen LogP contribution in [0.4, 0.5) is 0 Å². The molecule has 1 unspecified atom stereocenters. The number of carbonyl (C=O) groups is 1. The Bertz CT molecular complexity index is 513. The smallest absolute Gasteiger partial charge is 0.441 e. The second-order valence-electron chi connectivity index (χ2n) is 4.52. The Kier molecular flexibility index (Phi) is 5.05. The molecule has 0 radical (unpaired) electrons. The Balaban J connectivity index is 2.44. The SMILES string of the molecule is COC(=O)C(C)(N)CC=CCCn1c(C)noc1=O. The van der Waals surface area contributed by atoms with Gasteiger partial charge in [-0.3, -0.25) is 13.9 Å². The predicted octanol–water partition coefficient (Wildman–Crippen LogP) is 0.372. The number of methoxy groups -OCH3 is 1. The van der Waals surface area contributed by atoms with Crippen LogP contribution in [0.2, 0.25) is 0 Å². The van der Waals surface area contributed by atoms with Gasteiger partial charge in [-0.2, -0.15) is 0 Å². The first-order valence-corrected chi connectivity index (χ1v) is 5.94. The number of carbonyl (C=O) groups excluding carboxylic acids is 1. The van der Waals surface area contributed by atoms with Crippen LogP contribution in [0.15, 0.2) is 21.5 Å². The summed E-state index contributed by atoms with van der Waals surface area (Å²) in [4.78, 5) is 22.5. The molecule has 1 atom stereocenters. The van der Waals surface area contributed by atoms with Gasteiger partial charge in [-0.05, 0) is 26.7 Å². The van der Waals surface area contributed by atoms with E-state index in [0.717, 1.165) is 0 Å². The molecule has 2 N–H and O–H groups in total. The number of hydrogen-bond donors (Lipinski definition) is 1. The van der Waals surface area contributed by atoms with Crippen LogP contribution in [0.25, 0.3) is 0 Å². The fourth-order valence-corrected chi connectivity index (χ4v) is 1.55. The van der Waals surface area contributed by atoms with Crippen LogP contribution >= 0.6 is 0 Å². The number of nitrogens with two attached hydrogens (primary N) is 1. The molecule has 1 aromatic heterocycles. The molecule has 1 rings (SSSR count). The van der Waals surface area contributed by atoms with E-state index in [9.17, 15) is 9.59 Å². The van der Waals surface area contributed by atoms with Crippen molar-refractivity contribution >= 4 is 5.97 Å². The van der Waals surface area contributed by atoms with Gasteiger partial charge in [0.1, 0.15) is 5.54 Å². The summed E-state index contributed by atoms with van der Waals surface area (Å²) in [6.07, 6.45) is 4.65. The van der Waals surface area contributed by atoms with Crippen LogP contribution in [-0.4, -0.2) is 28.3 Å². The summed E-state index contributed by atoms with van der Waals surface area (Å²) >= 11 is 0. The van der Waals surface area contributed by atoms with Crippen molar-refractivity contribution < 1.29 is 14.1 Å². The van der Waals surface area contributed by atoms with E-state index in [1.165, 1.54) is 11.7 Å². The summed E-state index contributed by atoms with van der Waals surface area (Å²) in [5.74, 6) is -0.385. The standard InChI is InChI=1S/C12H19N3O4/c1-9-14-19-11(17)15(9)8-6-4-5-7-12(2,13)10(16)18-3/h4-5H,6-8,13H2,1-3H3. The second kappa shape index (κ2) is 6.33. The van der Waals surface area contributed by atoms with Gasteiger partial charge in [-0.15, -0.1) is 0 Å². The highest BCUT2D eigenvalue weighted by Crippen LogP contribution is 2.09. The summed E-state index contributed by atoms with van der Waals surface area (Å²) in [6, 6.07) is 0. The number of nitrogens with zero attached hydrogens (tertiary/aromatic N) is 2. The van der Waals surface area contributed by atoms with E-state index >= 15 is 0 Å². The Morgan fingerprint density at radius 3 is 2.79 bits per heavy atom. The van der Waals surface area contributed by atoms with E-state index in [1.54, 1.807) is 19.9 Å². The topological polar surface area (TPSA) is 100 Å². The highest BCUT2D eigenvalue weighted by molar-refractivity contribution is 5.80. The number of esters is 1. The highest BCUT2D eigenvalue weighted by atomic mass is 16.5. The third-order valence-corrected chi connectivity index (χ3v) is 2.75. The molecule has 0 aliphatic heterocycles. The third-order valence-electron chi connectivity index (χ3n) is 2.75. The maximum atomic E-state index is 11.3. The van der Waals surface area contributed by atoms with Gasteiger partial charge in [0.25, 0.3) is 0 Å². The van der Waals surface area contributed by atoms with Crippen molar-refractivity contribution in [2.45, 2.75) is 38.8 Å². The van der Waals surface area contributed by atoms with Crippen LogP contribution in [0.3, 0.4) is 0 Å². The normalized spacial score (nSPS) is 14.5. The molecule has 1 aromatic rings. The molecular weight excluding hydrogens is 250 g/mol. The molecule has 0 bridgehead atoms. The lowest BCUT2D eigenvalue weighted by Gasteiger charge is -2.19. The number of rotatable bonds is 6. The molecule has 0 amide bonds. The van der Waals surface area contributed by atoms with Crippen LogP contribution in [0, 0.1) is 6.92 Å². The molecule has 0 saturated carbocycles. The predicted molar refractivity (Wildman–Crippen MR) is 68.5 cm³/mol. The molecule has 0 fully saturated rings. The van der Waals surface area contributed by atoms with Crippen molar-refractivity contribution in [3.8, 4) is 0 Å². The Hall–Kier alpha value is -1.89. The molecule has 0 aromatic carbocycles. The summed E-state index contributed by atoms with van der Waals surface area (Å²) < 4.78 is 10.5. The molecule has 1 heterocycles. The molecule has 7 nitrogen and oxygen atoms in total. The van der Waals surface area contributed by atoms with Gasteiger partial charge in [0, 0.05) is 6.54 Å². The molecule has 106 valence electrons. The monoisotopic (exact) mass is 269 g/mol. The van der Waals surface area contributed by atoms with E-state index in [4.69, 9.17) is 5.73 Å². The fraction of sp³-hybridized carbons (Fsp3) is 0.583. The highest BCUT2D eigenvalue weighted by Gasteiger charge is 2.27. The van der Waals surface area contributed by atoms with Crippen molar-refractivity contribution in [2.75, 3.05) is 7.11 Å². The van der Waals surface area contributed by atoms with Crippen molar-refractivity contribution in [2.24, 2.45) is 5.73 Å². The minimum absolute atomic E-state index is 0.372. The zero-order valence-electron chi connectivity index (χ0n) is 11.4. The third kappa shape index (κ3) is 4.06. The maximum Gasteiger partial charge on any atom is 0.441 e. The zero-order valence-corrected chi connectivity index (χ0v) is 11.4. The van der Waals surface area contributed by atoms with Crippen molar-refractivity contribution in [3.63, 3.8) is 0 Å². The quantitative estimate of drug-likeness (QED) is 0.591. The molecule has 0 aliphatic carbocycles. The van der Waals surface area contributed by atoms with Gasteiger partial charge in [0.15, 0.2) is 5.82 Å². The van der Waals surface area contributed by atoms with Gasteiger partial charge in [0.05, 0.1) is 7.11 Å². The average molecular weight is 269 g/mol. The van der Waals surface area contributed by atoms with Crippen LogP contribution in [-0.2, 0) is 16.1 Å². The Labute approximate surface area is 111 Å². The second-order valence-corrected chi connectivity index (χ2v) is 4.52. The summed E-state index contributed by atoms with van der Waals surface area (Å²) in [6.45, 7) is 3.78. The summed E-state index contributed by atoms with van der Waals surface area (Å²) in [5, 5.41) is 3.56. The number of aryl methyl sites for hydroxylation is 1. The zero-order chi connectivity index (χ0) is 14.5. The number of aromatic nitrogens is 2. The van der Waals surface area contributed by atoms with E-state index in [-0.39, 0.29) is 0 Å². The molecule has 0 aliphatic rings. The fourth-order valence-electron chi connectivity index (χ4n) is 1.55. The largest absolute Gasteiger partial charge is 0.468 e. The van der Waals surface area contributed by atoms with Gasteiger partial charge in [0.2, 0.25) is 0 Å². The lowest BCUT2D eigenvalue weighted by atomic mass is 9.99. The van der Waals surface area contributed by atoms with Crippen molar-refractivity contribution in [1.29, 1.82) is 0 Å². The molecular formula is C12H19N3O4. The van der Waals surface area contributed by atoms with Crippen LogP contribution < -0.4 is 11.5 Å². The average Bonchev–Trinajstić information content (AvgIpc) is 2.68. The first-order valence-electron chi connectivity index (χ1n) is 5.94. The number of hydrogen-bond acceptors (Lipinski definition) is 6. The van der Waals surface area contributed by atoms with Gasteiger partial charge < -0.3 is 10.5 Å². The van der Waals surface area contributed by atoms with Crippen molar-refractivity contribution in [3.05, 3.63) is 28.5 Å². The lowest BCUT2D eigenvalue weighted by molar-refractivity contribution is -0.146. The van der Waals surface area contributed by atoms with Crippen molar-refractivity contribution in [1.82, 2.24) is 9.72 Å². The van der Waals surface area contributed by atoms with E-state index in [2.05, 4.69) is 14.4 Å². The lowest BCUT2D eigenvalue weighted by Crippen LogP contribution is -2.45. The van der Waals surface area contributed by atoms with Crippen LogP contribution in [0.5, 0.6) is 0 Å². The molecule has 7 heteroatoms. The minimum Gasteiger partial charge on any atom is -0.468 e. The van der Waals surface area contributed by atoms with E-state index in [0.29, 0.717) is 25.2 Å².